The lowest BCUT2D eigenvalue weighted by atomic mass is 10.0. The summed E-state index contributed by atoms with van der Waals surface area (Å²) < 4.78 is 14.3. The van der Waals surface area contributed by atoms with Crippen molar-refractivity contribution in [2.45, 2.75) is 0 Å². The Morgan fingerprint density at radius 2 is 1.81 bits per heavy atom. The topological polar surface area (TPSA) is 63.8 Å². The van der Waals surface area contributed by atoms with Crippen LogP contribution in [0.1, 0.15) is 0 Å². The molecule has 6 heteroatoms. The van der Waals surface area contributed by atoms with E-state index in [4.69, 9.17) is 17.3 Å². The number of rotatable bonds is 5. The maximum absolute atomic E-state index is 14.3. The standard InChI is InChI=1S/C19H16ClFN4.C2H4/c1-2-6-12(22)11-23-18-17-14(13-7-3-4-9-15(13)21)8-5-10-16(17)24-19(20)25-18;1-2/h2-10H,1,11,22H2,(H,23,24,25);1-2H2/b12-6-;. The van der Waals surface area contributed by atoms with Crippen molar-refractivity contribution in [3.8, 4) is 11.1 Å². The summed E-state index contributed by atoms with van der Waals surface area (Å²) in [6, 6.07) is 12.0. The second kappa shape index (κ2) is 9.50. The maximum atomic E-state index is 14.3. The Kier molecular flexibility index (Phi) is 7.08. The van der Waals surface area contributed by atoms with Crippen LogP contribution in [0.3, 0.4) is 0 Å². The molecule has 0 aliphatic rings. The van der Waals surface area contributed by atoms with Crippen LogP contribution in [0.4, 0.5) is 10.2 Å². The number of fused-ring (bicyclic) bond motifs is 1. The van der Waals surface area contributed by atoms with Crippen molar-refractivity contribution in [3.05, 3.63) is 91.2 Å². The Hall–Kier alpha value is -3.18. The van der Waals surface area contributed by atoms with E-state index in [0.717, 1.165) is 0 Å². The van der Waals surface area contributed by atoms with Crippen LogP contribution in [-0.4, -0.2) is 16.5 Å². The fourth-order valence-electron chi connectivity index (χ4n) is 2.58. The smallest absolute Gasteiger partial charge is 0.224 e. The zero-order chi connectivity index (χ0) is 19.8. The summed E-state index contributed by atoms with van der Waals surface area (Å²) in [6.07, 6.45) is 3.29. The van der Waals surface area contributed by atoms with Crippen molar-refractivity contribution in [2.75, 3.05) is 11.9 Å². The first kappa shape index (κ1) is 20.1. The van der Waals surface area contributed by atoms with Gasteiger partial charge in [-0.3, -0.25) is 0 Å². The molecule has 0 aliphatic carbocycles. The number of aromatic nitrogens is 2. The Morgan fingerprint density at radius 3 is 2.52 bits per heavy atom. The summed E-state index contributed by atoms with van der Waals surface area (Å²) in [5.74, 6) is 0.177. The van der Waals surface area contributed by atoms with Gasteiger partial charge in [0.05, 0.1) is 17.4 Å². The number of nitrogens with two attached hydrogens (primary N) is 1. The van der Waals surface area contributed by atoms with Crippen molar-refractivity contribution >= 4 is 28.3 Å². The second-order valence-electron chi connectivity index (χ2n) is 5.35. The van der Waals surface area contributed by atoms with Crippen LogP contribution in [0.25, 0.3) is 22.0 Å². The van der Waals surface area contributed by atoms with Gasteiger partial charge in [0, 0.05) is 11.3 Å². The Morgan fingerprint density at radius 1 is 1.11 bits per heavy atom. The summed E-state index contributed by atoms with van der Waals surface area (Å²) in [5, 5.41) is 3.93. The first-order valence-corrected chi connectivity index (χ1v) is 8.50. The largest absolute Gasteiger partial charge is 0.401 e. The number of hydrogen-bond donors (Lipinski definition) is 2. The van der Waals surface area contributed by atoms with E-state index >= 15 is 0 Å². The van der Waals surface area contributed by atoms with E-state index in [0.29, 0.717) is 40.1 Å². The lowest BCUT2D eigenvalue weighted by Crippen LogP contribution is -2.13. The minimum atomic E-state index is -0.318. The molecular formula is C21H20ClFN4. The molecule has 0 amide bonds. The van der Waals surface area contributed by atoms with Crippen LogP contribution in [0.2, 0.25) is 5.28 Å². The zero-order valence-electron chi connectivity index (χ0n) is 14.8. The normalized spacial score (nSPS) is 10.8. The Balaban J connectivity index is 0.00000126. The zero-order valence-corrected chi connectivity index (χ0v) is 15.5. The summed E-state index contributed by atoms with van der Waals surface area (Å²) in [5.41, 5.74) is 8.23. The summed E-state index contributed by atoms with van der Waals surface area (Å²) >= 11 is 6.03. The molecule has 4 nitrogen and oxygen atoms in total. The van der Waals surface area contributed by atoms with Gasteiger partial charge in [0.25, 0.3) is 0 Å². The molecule has 0 atom stereocenters. The highest BCUT2D eigenvalue weighted by Crippen LogP contribution is 2.34. The number of hydrogen-bond acceptors (Lipinski definition) is 4. The van der Waals surface area contributed by atoms with E-state index in [1.165, 1.54) is 6.07 Å². The minimum Gasteiger partial charge on any atom is -0.401 e. The van der Waals surface area contributed by atoms with Crippen molar-refractivity contribution in [1.82, 2.24) is 9.97 Å². The van der Waals surface area contributed by atoms with Crippen molar-refractivity contribution in [3.63, 3.8) is 0 Å². The number of anilines is 1. The molecule has 1 heterocycles. The first-order chi connectivity index (χ1) is 13.1. The molecule has 3 N–H and O–H groups in total. The molecule has 0 radical (unpaired) electrons. The molecule has 0 unspecified atom stereocenters. The summed E-state index contributed by atoms with van der Waals surface area (Å²) in [7, 11) is 0. The molecule has 3 rings (SSSR count). The van der Waals surface area contributed by atoms with Gasteiger partial charge in [-0.2, -0.15) is 0 Å². The molecule has 27 heavy (non-hydrogen) atoms. The number of allylic oxidation sites excluding steroid dienone is 2. The SMILES string of the molecule is C=C.C=C/C=C(\N)CNc1nc(Cl)nc2cccc(-c3ccccc3F)c12. The summed E-state index contributed by atoms with van der Waals surface area (Å²) in [4.78, 5) is 8.51. The monoisotopic (exact) mass is 382 g/mol. The van der Waals surface area contributed by atoms with Crippen LogP contribution in [0.15, 0.2) is 80.1 Å². The van der Waals surface area contributed by atoms with E-state index in [1.54, 1.807) is 36.4 Å². The van der Waals surface area contributed by atoms with Crippen LogP contribution >= 0.6 is 11.6 Å². The van der Waals surface area contributed by atoms with Crippen LogP contribution < -0.4 is 11.1 Å². The molecule has 0 spiro atoms. The van der Waals surface area contributed by atoms with Gasteiger partial charge in [-0.1, -0.05) is 43.0 Å². The van der Waals surface area contributed by atoms with E-state index in [-0.39, 0.29) is 11.1 Å². The number of nitrogens with one attached hydrogen (secondary N) is 1. The molecule has 3 aromatic rings. The summed E-state index contributed by atoms with van der Waals surface area (Å²) in [6.45, 7) is 9.96. The third-order valence-electron chi connectivity index (χ3n) is 3.65. The van der Waals surface area contributed by atoms with Gasteiger partial charge in [0.1, 0.15) is 11.6 Å². The van der Waals surface area contributed by atoms with E-state index in [1.807, 2.05) is 12.1 Å². The van der Waals surface area contributed by atoms with Crippen LogP contribution in [0, 0.1) is 5.82 Å². The van der Waals surface area contributed by atoms with Gasteiger partial charge in [0.2, 0.25) is 5.28 Å². The van der Waals surface area contributed by atoms with Gasteiger partial charge in [-0.05, 0) is 35.4 Å². The number of nitrogens with zero attached hydrogens (tertiary/aromatic N) is 2. The Labute approximate surface area is 162 Å². The second-order valence-corrected chi connectivity index (χ2v) is 5.69. The number of halogens is 2. The molecule has 0 bridgehead atoms. The van der Waals surface area contributed by atoms with Gasteiger partial charge in [-0.15, -0.1) is 13.2 Å². The third kappa shape index (κ3) is 4.71. The lowest BCUT2D eigenvalue weighted by Gasteiger charge is -2.13. The molecule has 0 saturated carbocycles. The average molecular weight is 383 g/mol. The van der Waals surface area contributed by atoms with E-state index in [9.17, 15) is 4.39 Å². The van der Waals surface area contributed by atoms with E-state index in [2.05, 4.69) is 35.0 Å². The Bertz CT molecular complexity index is 985. The van der Waals surface area contributed by atoms with Crippen molar-refractivity contribution < 1.29 is 4.39 Å². The molecule has 0 saturated heterocycles. The van der Waals surface area contributed by atoms with Gasteiger partial charge >= 0.3 is 0 Å². The van der Waals surface area contributed by atoms with Gasteiger partial charge < -0.3 is 11.1 Å². The molecule has 0 fully saturated rings. The maximum Gasteiger partial charge on any atom is 0.224 e. The van der Waals surface area contributed by atoms with Crippen LogP contribution in [-0.2, 0) is 0 Å². The fourth-order valence-corrected chi connectivity index (χ4v) is 2.76. The minimum absolute atomic E-state index is 0.104. The molecule has 2 aromatic carbocycles. The third-order valence-corrected chi connectivity index (χ3v) is 3.82. The van der Waals surface area contributed by atoms with Gasteiger partial charge in [-0.25, -0.2) is 14.4 Å². The molecule has 0 aliphatic heterocycles. The molecule has 138 valence electrons. The number of benzene rings is 2. The highest BCUT2D eigenvalue weighted by molar-refractivity contribution is 6.29. The van der Waals surface area contributed by atoms with Crippen molar-refractivity contribution in [2.24, 2.45) is 5.73 Å². The first-order valence-electron chi connectivity index (χ1n) is 8.12. The highest BCUT2D eigenvalue weighted by Gasteiger charge is 2.14. The molecular weight excluding hydrogens is 363 g/mol. The van der Waals surface area contributed by atoms with Crippen molar-refractivity contribution in [1.29, 1.82) is 0 Å². The van der Waals surface area contributed by atoms with Gasteiger partial charge in [0.15, 0.2) is 0 Å². The average Bonchev–Trinajstić information content (AvgIpc) is 2.67. The molecule has 1 aromatic heterocycles. The quantitative estimate of drug-likeness (QED) is 0.355. The lowest BCUT2D eigenvalue weighted by molar-refractivity contribution is 0.631. The van der Waals surface area contributed by atoms with Crippen LogP contribution in [0.5, 0.6) is 0 Å². The fraction of sp³-hybridized carbons (Fsp3) is 0.0476. The van der Waals surface area contributed by atoms with E-state index < -0.39 is 0 Å². The predicted octanol–water partition coefficient (Wildman–Crippen LogP) is 5.33. The highest BCUT2D eigenvalue weighted by atomic mass is 35.5. The predicted molar refractivity (Wildman–Crippen MR) is 112 cm³/mol.